The topological polar surface area (TPSA) is 8.17 Å². The molecular weight excluding hydrogens is 637 g/mol. The van der Waals surface area contributed by atoms with Crippen molar-refractivity contribution >= 4 is 70.4 Å². The molecule has 10 aromatic rings. The maximum atomic E-state index is 2.50. The minimum Gasteiger partial charge on any atom is -0.307 e. The number of nitrogens with zero attached hydrogens (tertiary/aromatic N) is 2. The molecule has 0 unspecified atom stereocenters. The Hall–Kier alpha value is -6.42. The molecule has 0 fully saturated rings. The SMILES string of the molecule is c1ccc(-c2cc(-c3ccccc3)c3c(c2)c2cccc(N(c4ccccc4)c4cccc5c4sc4ccccc45)c2n3-c2ccccc2)cc1. The number of anilines is 3. The molecule has 2 nitrogen and oxygen atoms in total. The van der Waals surface area contributed by atoms with E-state index >= 15 is 0 Å². The number of aromatic nitrogens is 1. The van der Waals surface area contributed by atoms with E-state index in [2.05, 4.69) is 204 Å². The molecule has 8 aromatic carbocycles. The van der Waals surface area contributed by atoms with E-state index in [-0.39, 0.29) is 0 Å². The molecule has 0 aliphatic carbocycles. The first-order valence-corrected chi connectivity index (χ1v) is 18.2. The Labute approximate surface area is 300 Å². The standard InChI is InChI=1S/C48H32N2S/c1-5-17-33(18-6-1)35-31-41(34-19-7-2-8-20-34)46-42(32-35)39-26-15-28-43(47(39)50(46)37-23-11-4-12-24-37)49(36-21-9-3-10-22-36)44-29-16-27-40-38-25-13-14-30-45(38)51-48(40)44/h1-32H. The summed E-state index contributed by atoms with van der Waals surface area (Å²) in [5.74, 6) is 0. The highest BCUT2D eigenvalue weighted by Gasteiger charge is 2.25. The molecule has 3 heteroatoms. The van der Waals surface area contributed by atoms with E-state index in [4.69, 9.17) is 0 Å². The zero-order valence-electron chi connectivity index (χ0n) is 27.8. The van der Waals surface area contributed by atoms with Crippen LogP contribution >= 0.6 is 11.3 Å². The molecule has 0 radical (unpaired) electrons. The molecule has 0 spiro atoms. The third-order valence-electron chi connectivity index (χ3n) is 9.95. The molecule has 0 N–H and O–H groups in total. The third kappa shape index (κ3) is 4.85. The second-order valence-electron chi connectivity index (χ2n) is 12.9. The van der Waals surface area contributed by atoms with Gasteiger partial charge in [-0.1, -0.05) is 140 Å². The first kappa shape index (κ1) is 29.5. The molecule has 10 rings (SSSR count). The van der Waals surface area contributed by atoms with Crippen molar-refractivity contribution in [3.8, 4) is 27.9 Å². The smallest absolute Gasteiger partial charge is 0.0782 e. The van der Waals surface area contributed by atoms with Crippen molar-refractivity contribution < 1.29 is 0 Å². The molecule has 0 saturated heterocycles. The molecule has 0 amide bonds. The van der Waals surface area contributed by atoms with E-state index in [1.807, 2.05) is 11.3 Å². The predicted octanol–water partition coefficient (Wildman–Crippen LogP) is 14.0. The van der Waals surface area contributed by atoms with Gasteiger partial charge in [-0.15, -0.1) is 11.3 Å². The monoisotopic (exact) mass is 668 g/mol. The summed E-state index contributed by atoms with van der Waals surface area (Å²) in [6, 6.07) is 70.4. The van der Waals surface area contributed by atoms with Gasteiger partial charge < -0.3 is 9.47 Å². The van der Waals surface area contributed by atoms with Gasteiger partial charge in [0.1, 0.15) is 0 Å². The zero-order valence-corrected chi connectivity index (χ0v) is 28.6. The summed E-state index contributed by atoms with van der Waals surface area (Å²) in [5.41, 5.74) is 11.7. The van der Waals surface area contributed by atoms with Crippen LogP contribution in [0.25, 0.3) is 69.9 Å². The van der Waals surface area contributed by atoms with E-state index in [1.54, 1.807) is 0 Å². The molecule has 0 saturated carbocycles. The van der Waals surface area contributed by atoms with Crippen LogP contribution in [0.15, 0.2) is 194 Å². The lowest BCUT2D eigenvalue weighted by atomic mass is 9.95. The van der Waals surface area contributed by atoms with Crippen molar-refractivity contribution in [2.75, 3.05) is 4.90 Å². The zero-order chi connectivity index (χ0) is 33.7. The van der Waals surface area contributed by atoms with E-state index < -0.39 is 0 Å². The molecule has 0 aliphatic rings. The Morgan fingerprint density at radius 1 is 0.392 bits per heavy atom. The molecular formula is C48H32N2S. The van der Waals surface area contributed by atoms with Gasteiger partial charge in [0, 0.05) is 43.2 Å². The summed E-state index contributed by atoms with van der Waals surface area (Å²) in [4.78, 5) is 2.47. The third-order valence-corrected chi connectivity index (χ3v) is 11.2. The van der Waals surface area contributed by atoms with E-state index in [0.717, 1.165) is 17.1 Å². The summed E-state index contributed by atoms with van der Waals surface area (Å²) in [5, 5.41) is 5.02. The van der Waals surface area contributed by atoms with Crippen molar-refractivity contribution in [1.82, 2.24) is 4.57 Å². The Morgan fingerprint density at radius 2 is 0.980 bits per heavy atom. The lowest BCUT2D eigenvalue weighted by Crippen LogP contribution is -2.11. The van der Waals surface area contributed by atoms with Crippen LogP contribution in [0, 0.1) is 0 Å². The van der Waals surface area contributed by atoms with E-state index in [0.29, 0.717) is 0 Å². The number of hydrogen-bond acceptors (Lipinski definition) is 2. The fraction of sp³-hybridized carbons (Fsp3) is 0. The van der Waals surface area contributed by atoms with Crippen molar-refractivity contribution in [2.24, 2.45) is 0 Å². The lowest BCUT2D eigenvalue weighted by Gasteiger charge is -2.27. The summed E-state index contributed by atoms with van der Waals surface area (Å²) < 4.78 is 5.07. The summed E-state index contributed by atoms with van der Waals surface area (Å²) in [7, 11) is 0. The number of thiophene rings is 1. The highest BCUT2D eigenvalue weighted by atomic mass is 32.1. The largest absolute Gasteiger partial charge is 0.307 e. The van der Waals surface area contributed by atoms with Crippen molar-refractivity contribution in [1.29, 1.82) is 0 Å². The minimum atomic E-state index is 1.12. The van der Waals surface area contributed by atoms with Gasteiger partial charge in [0.05, 0.1) is 27.1 Å². The van der Waals surface area contributed by atoms with E-state index in [9.17, 15) is 0 Å². The van der Waals surface area contributed by atoms with Gasteiger partial charge >= 0.3 is 0 Å². The Morgan fingerprint density at radius 3 is 1.73 bits per heavy atom. The van der Waals surface area contributed by atoms with Gasteiger partial charge in [-0.3, -0.25) is 0 Å². The van der Waals surface area contributed by atoms with Crippen LogP contribution in [-0.4, -0.2) is 4.57 Å². The first-order valence-electron chi connectivity index (χ1n) is 17.4. The maximum Gasteiger partial charge on any atom is 0.0782 e. The lowest BCUT2D eigenvalue weighted by molar-refractivity contribution is 1.17. The molecule has 0 bridgehead atoms. The van der Waals surface area contributed by atoms with Crippen LogP contribution in [0.3, 0.4) is 0 Å². The average molecular weight is 669 g/mol. The van der Waals surface area contributed by atoms with E-state index in [1.165, 1.54) is 69.9 Å². The van der Waals surface area contributed by atoms with Crippen molar-refractivity contribution in [2.45, 2.75) is 0 Å². The first-order chi connectivity index (χ1) is 25.3. The average Bonchev–Trinajstić information content (AvgIpc) is 3.76. The fourth-order valence-electron chi connectivity index (χ4n) is 7.72. The quantitative estimate of drug-likeness (QED) is 0.171. The second-order valence-corrected chi connectivity index (χ2v) is 14.0. The van der Waals surface area contributed by atoms with Gasteiger partial charge in [-0.25, -0.2) is 0 Å². The highest BCUT2D eigenvalue weighted by molar-refractivity contribution is 7.26. The fourth-order valence-corrected chi connectivity index (χ4v) is 8.93. The summed E-state index contributed by atoms with van der Waals surface area (Å²) in [6.45, 7) is 0. The maximum absolute atomic E-state index is 2.50. The number of rotatable bonds is 6. The van der Waals surface area contributed by atoms with Crippen molar-refractivity contribution in [3.63, 3.8) is 0 Å². The molecule has 0 atom stereocenters. The van der Waals surface area contributed by atoms with Gasteiger partial charge in [-0.05, 0) is 71.3 Å². The Balaban J connectivity index is 1.37. The van der Waals surface area contributed by atoms with Gasteiger partial charge in [-0.2, -0.15) is 0 Å². The van der Waals surface area contributed by atoms with Crippen LogP contribution < -0.4 is 4.90 Å². The van der Waals surface area contributed by atoms with Crippen LogP contribution in [0.1, 0.15) is 0 Å². The minimum absolute atomic E-state index is 1.12. The number of hydrogen-bond donors (Lipinski definition) is 0. The van der Waals surface area contributed by atoms with Gasteiger partial charge in [0.2, 0.25) is 0 Å². The highest BCUT2D eigenvalue weighted by Crippen LogP contribution is 2.49. The van der Waals surface area contributed by atoms with Crippen LogP contribution in [-0.2, 0) is 0 Å². The summed E-state index contributed by atoms with van der Waals surface area (Å²) in [6.07, 6.45) is 0. The number of fused-ring (bicyclic) bond motifs is 6. The molecule has 2 aromatic heterocycles. The Bertz CT molecular complexity index is 2840. The normalized spacial score (nSPS) is 11.5. The Kier molecular flexibility index (Phi) is 7.04. The molecule has 0 aliphatic heterocycles. The summed E-state index contributed by atoms with van der Waals surface area (Å²) >= 11 is 1.87. The molecule has 51 heavy (non-hydrogen) atoms. The van der Waals surface area contributed by atoms with Gasteiger partial charge in [0.25, 0.3) is 0 Å². The number of benzene rings is 8. The molecule has 2 heterocycles. The molecule has 240 valence electrons. The van der Waals surface area contributed by atoms with Crippen LogP contribution in [0.2, 0.25) is 0 Å². The predicted molar refractivity (Wildman–Crippen MR) is 219 cm³/mol. The van der Waals surface area contributed by atoms with Crippen LogP contribution in [0.4, 0.5) is 17.1 Å². The van der Waals surface area contributed by atoms with Crippen LogP contribution in [0.5, 0.6) is 0 Å². The van der Waals surface area contributed by atoms with Gasteiger partial charge in [0.15, 0.2) is 0 Å². The van der Waals surface area contributed by atoms with Crippen molar-refractivity contribution in [3.05, 3.63) is 194 Å². The second kappa shape index (κ2) is 12.2. The number of para-hydroxylation sites is 3.